The van der Waals surface area contributed by atoms with Crippen LogP contribution in [0.5, 0.6) is 0 Å². The van der Waals surface area contributed by atoms with Crippen LogP contribution in [0, 0.1) is 0 Å². The van der Waals surface area contributed by atoms with E-state index in [9.17, 15) is 9.59 Å². The lowest BCUT2D eigenvalue weighted by Gasteiger charge is -2.06. The molecule has 0 aliphatic rings. The predicted molar refractivity (Wildman–Crippen MR) is 90.4 cm³/mol. The number of benzene rings is 2. The second-order valence-electron chi connectivity index (χ2n) is 4.60. The number of esters is 1. The van der Waals surface area contributed by atoms with Crippen molar-refractivity contribution >= 4 is 50.2 Å². The molecule has 2 aromatic carbocycles. The van der Waals surface area contributed by atoms with Crippen LogP contribution in [0.25, 0.3) is 10.2 Å². The minimum absolute atomic E-state index is 0.201. The van der Waals surface area contributed by atoms with Gasteiger partial charge in [0.1, 0.15) is 5.52 Å². The highest BCUT2D eigenvalue weighted by molar-refractivity contribution is 7.22. The first kappa shape index (κ1) is 15.5. The number of nitrogens with one attached hydrogen (secondary N) is 1. The number of thiazole rings is 1. The van der Waals surface area contributed by atoms with Gasteiger partial charge < -0.3 is 4.74 Å². The van der Waals surface area contributed by atoms with Crippen LogP contribution < -0.4 is 5.32 Å². The summed E-state index contributed by atoms with van der Waals surface area (Å²) < 4.78 is 5.56. The molecule has 1 amide bonds. The minimum atomic E-state index is -0.567. The van der Waals surface area contributed by atoms with Crippen LogP contribution in [0.2, 0.25) is 5.02 Å². The molecule has 7 heteroatoms. The third kappa shape index (κ3) is 3.04. The van der Waals surface area contributed by atoms with Crippen molar-refractivity contribution in [3.8, 4) is 0 Å². The topological polar surface area (TPSA) is 68.3 Å². The van der Waals surface area contributed by atoms with Crippen LogP contribution in [0.3, 0.4) is 0 Å². The summed E-state index contributed by atoms with van der Waals surface area (Å²) in [5.74, 6) is -0.996. The average Bonchev–Trinajstić information content (AvgIpc) is 2.98. The highest BCUT2D eigenvalue weighted by Crippen LogP contribution is 2.30. The summed E-state index contributed by atoms with van der Waals surface area (Å²) >= 11 is 7.39. The van der Waals surface area contributed by atoms with Gasteiger partial charge in [0.2, 0.25) is 0 Å². The molecule has 0 saturated carbocycles. The Hall–Kier alpha value is -2.44. The second-order valence-corrected chi connectivity index (χ2v) is 6.03. The zero-order valence-corrected chi connectivity index (χ0v) is 13.6. The molecule has 0 radical (unpaired) electrons. The van der Waals surface area contributed by atoms with E-state index in [4.69, 9.17) is 16.3 Å². The van der Waals surface area contributed by atoms with E-state index in [-0.39, 0.29) is 11.1 Å². The molecular weight excluding hydrogens is 336 g/mol. The summed E-state index contributed by atoms with van der Waals surface area (Å²) in [6.07, 6.45) is 0. The molecule has 23 heavy (non-hydrogen) atoms. The first-order chi connectivity index (χ1) is 11.1. The van der Waals surface area contributed by atoms with Gasteiger partial charge in [0.25, 0.3) is 5.91 Å². The number of rotatable bonds is 3. The molecule has 5 nitrogen and oxygen atoms in total. The standard InChI is InChI=1S/C16H11ClN2O3S/c1-22-15(21)10-6-3-2-5-9(10)14(20)19-16-18-13-11(17)7-4-8-12(13)23-16/h2-8H,1H3,(H,18,19,20). The molecule has 1 N–H and O–H groups in total. The first-order valence-electron chi connectivity index (χ1n) is 6.64. The Balaban J connectivity index is 1.92. The van der Waals surface area contributed by atoms with Crippen LogP contribution >= 0.6 is 22.9 Å². The first-order valence-corrected chi connectivity index (χ1v) is 7.83. The summed E-state index contributed by atoms with van der Waals surface area (Å²) in [7, 11) is 1.27. The van der Waals surface area contributed by atoms with E-state index in [2.05, 4.69) is 10.3 Å². The highest BCUT2D eigenvalue weighted by Gasteiger charge is 2.18. The van der Waals surface area contributed by atoms with Crippen molar-refractivity contribution in [3.05, 3.63) is 58.6 Å². The number of amides is 1. The Morgan fingerprint density at radius 3 is 2.57 bits per heavy atom. The lowest BCUT2D eigenvalue weighted by Crippen LogP contribution is -2.16. The normalized spacial score (nSPS) is 10.5. The molecule has 0 bridgehead atoms. The maximum Gasteiger partial charge on any atom is 0.338 e. The van der Waals surface area contributed by atoms with Crippen LogP contribution in [-0.2, 0) is 4.74 Å². The highest BCUT2D eigenvalue weighted by atomic mass is 35.5. The number of ether oxygens (including phenoxy) is 1. The number of aromatic nitrogens is 1. The molecule has 116 valence electrons. The second kappa shape index (κ2) is 6.36. The molecule has 0 atom stereocenters. The van der Waals surface area contributed by atoms with E-state index in [1.54, 1.807) is 24.3 Å². The lowest BCUT2D eigenvalue weighted by molar-refractivity contribution is 0.0597. The van der Waals surface area contributed by atoms with Crippen molar-refractivity contribution in [2.75, 3.05) is 12.4 Å². The number of carbonyl (C=O) groups is 2. The third-order valence-corrected chi connectivity index (χ3v) is 4.41. The Kier molecular flexibility index (Phi) is 4.27. The van der Waals surface area contributed by atoms with Crippen LogP contribution in [0.1, 0.15) is 20.7 Å². The Bertz CT molecular complexity index is 907. The Morgan fingerprint density at radius 1 is 1.13 bits per heavy atom. The molecule has 0 aliphatic carbocycles. The van der Waals surface area contributed by atoms with Gasteiger partial charge >= 0.3 is 5.97 Å². The lowest BCUT2D eigenvalue weighted by atomic mass is 10.1. The quantitative estimate of drug-likeness (QED) is 0.728. The number of hydrogen-bond donors (Lipinski definition) is 1. The van der Waals surface area contributed by atoms with Gasteiger partial charge in [-0.25, -0.2) is 9.78 Å². The molecule has 0 aliphatic heterocycles. The van der Waals surface area contributed by atoms with Gasteiger partial charge in [0.05, 0.1) is 28.0 Å². The molecule has 3 aromatic rings. The molecular formula is C16H11ClN2O3S. The van der Waals surface area contributed by atoms with E-state index in [0.717, 1.165) is 4.70 Å². The number of hydrogen-bond acceptors (Lipinski definition) is 5. The Morgan fingerprint density at radius 2 is 1.87 bits per heavy atom. The van der Waals surface area contributed by atoms with Crippen molar-refractivity contribution in [3.63, 3.8) is 0 Å². The molecule has 0 unspecified atom stereocenters. The van der Waals surface area contributed by atoms with Crippen molar-refractivity contribution in [2.45, 2.75) is 0 Å². The Labute approximate surface area is 140 Å². The zero-order chi connectivity index (χ0) is 16.4. The maximum absolute atomic E-state index is 12.4. The van der Waals surface area contributed by atoms with Crippen LogP contribution in [-0.4, -0.2) is 24.0 Å². The monoisotopic (exact) mass is 346 g/mol. The van der Waals surface area contributed by atoms with Crippen molar-refractivity contribution in [2.24, 2.45) is 0 Å². The fourth-order valence-corrected chi connectivity index (χ4v) is 3.26. The third-order valence-electron chi connectivity index (χ3n) is 3.17. The molecule has 1 heterocycles. The number of nitrogens with zero attached hydrogens (tertiary/aromatic N) is 1. The zero-order valence-electron chi connectivity index (χ0n) is 12.0. The predicted octanol–water partition coefficient (Wildman–Crippen LogP) is 3.99. The van der Waals surface area contributed by atoms with E-state index >= 15 is 0 Å². The van der Waals surface area contributed by atoms with Crippen LogP contribution in [0.4, 0.5) is 5.13 Å². The van der Waals surface area contributed by atoms with E-state index in [1.807, 2.05) is 12.1 Å². The molecule has 3 rings (SSSR count). The van der Waals surface area contributed by atoms with Gasteiger partial charge in [-0.2, -0.15) is 0 Å². The number of fused-ring (bicyclic) bond motifs is 1. The average molecular weight is 347 g/mol. The van der Waals surface area contributed by atoms with Crippen LogP contribution in [0.15, 0.2) is 42.5 Å². The molecule has 0 saturated heterocycles. The van der Waals surface area contributed by atoms with E-state index in [1.165, 1.54) is 24.5 Å². The number of methoxy groups -OCH3 is 1. The van der Waals surface area contributed by atoms with E-state index in [0.29, 0.717) is 15.7 Å². The number of halogens is 1. The summed E-state index contributed by atoms with van der Waals surface area (Å²) in [5.41, 5.74) is 1.06. The smallest absolute Gasteiger partial charge is 0.338 e. The number of anilines is 1. The largest absolute Gasteiger partial charge is 0.465 e. The fourth-order valence-electron chi connectivity index (χ4n) is 2.10. The molecule has 0 spiro atoms. The number of carbonyl (C=O) groups excluding carboxylic acids is 2. The summed E-state index contributed by atoms with van der Waals surface area (Å²) in [4.78, 5) is 28.5. The summed E-state index contributed by atoms with van der Waals surface area (Å²) in [6.45, 7) is 0. The van der Waals surface area contributed by atoms with E-state index < -0.39 is 11.9 Å². The van der Waals surface area contributed by atoms with Gasteiger partial charge in [-0.1, -0.05) is 41.1 Å². The number of para-hydroxylation sites is 1. The van der Waals surface area contributed by atoms with Gasteiger partial charge in [-0.15, -0.1) is 0 Å². The van der Waals surface area contributed by atoms with Gasteiger partial charge in [-0.05, 0) is 24.3 Å². The fraction of sp³-hybridized carbons (Fsp3) is 0.0625. The van der Waals surface area contributed by atoms with Gasteiger partial charge in [0.15, 0.2) is 5.13 Å². The molecule has 0 fully saturated rings. The van der Waals surface area contributed by atoms with Crippen molar-refractivity contribution in [1.29, 1.82) is 0 Å². The van der Waals surface area contributed by atoms with Crippen molar-refractivity contribution < 1.29 is 14.3 Å². The SMILES string of the molecule is COC(=O)c1ccccc1C(=O)Nc1nc2c(Cl)cccc2s1. The van der Waals surface area contributed by atoms with Crippen molar-refractivity contribution in [1.82, 2.24) is 4.98 Å². The summed E-state index contributed by atoms with van der Waals surface area (Å²) in [5, 5.41) is 3.63. The molecule has 1 aromatic heterocycles. The summed E-state index contributed by atoms with van der Waals surface area (Å²) in [6, 6.07) is 11.9. The maximum atomic E-state index is 12.4. The minimum Gasteiger partial charge on any atom is -0.465 e. The van der Waals surface area contributed by atoms with Gasteiger partial charge in [-0.3, -0.25) is 10.1 Å². The van der Waals surface area contributed by atoms with Gasteiger partial charge in [0, 0.05) is 0 Å².